The van der Waals surface area contributed by atoms with Crippen LogP contribution in [0.15, 0.2) is 64.0 Å². The molecule has 0 fully saturated rings. The molecule has 31 heavy (non-hydrogen) atoms. The van der Waals surface area contributed by atoms with Crippen LogP contribution in [0.3, 0.4) is 0 Å². The normalized spacial score (nSPS) is 12.2. The van der Waals surface area contributed by atoms with Crippen molar-refractivity contribution in [3.05, 3.63) is 65.9 Å². The summed E-state index contributed by atoms with van der Waals surface area (Å²) in [6.45, 7) is 5.71. The Morgan fingerprint density at radius 1 is 1.16 bits per heavy atom. The summed E-state index contributed by atoms with van der Waals surface area (Å²) in [6, 6.07) is 14.9. The third kappa shape index (κ3) is 5.85. The van der Waals surface area contributed by atoms with Gasteiger partial charge >= 0.3 is 0 Å². The van der Waals surface area contributed by atoms with Gasteiger partial charge in [-0.2, -0.15) is 0 Å². The van der Waals surface area contributed by atoms with Crippen molar-refractivity contribution in [3.63, 3.8) is 0 Å². The summed E-state index contributed by atoms with van der Waals surface area (Å²) < 4.78 is 37.7. The summed E-state index contributed by atoms with van der Waals surface area (Å²) in [6.07, 6.45) is 0.965. The minimum Gasteiger partial charge on any atom is -0.483 e. The second-order valence-corrected chi connectivity index (χ2v) is 8.82. The molecular weight excluding hydrogens is 418 g/mol. The highest BCUT2D eigenvalue weighted by atomic mass is 32.2. The molecule has 1 heterocycles. The number of hydrogen-bond donors (Lipinski definition) is 2. The van der Waals surface area contributed by atoms with Crippen LogP contribution in [0.25, 0.3) is 0 Å². The number of rotatable bonds is 9. The molecule has 1 atom stereocenters. The number of carbonyl (C=O) groups is 1. The van der Waals surface area contributed by atoms with Crippen molar-refractivity contribution in [3.8, 4) is 5.75 Å². The zero-order chi connectivity index (χ0) is 22.4. The molecule has 2 N–H and O–H groups in total. The molecule has 0 aliphatic rings. The smallest absolute Gasteiger partial charge is 0.263 e. The number of sulfonamides is 1. The van der Waals surface area contributed by atoms with Gasteiger partial charge < -0.3 is 14.6 Å². The van der Waals surface area contributed by atoms with Crippen molar-refractivity contribution in [2.45, 2.75) is 38.0 Å². The molecule has 3 rings (SSSR count). The van der Waals surface area contributed by atoms with E-state index < -0.39 is 10.0 Å². The number of anilines is 2. The Morgan fingerprint density at radius 2 is 1.87 bits per heavy atom. The summed E-state index contributed by atoms with van der Waals surface area (Å²) >= 11 is 0. The average molecular weight is 444 g/mol. The molecule has 2 aromatic carbocycles. The van der Waals surface area contributed by atoms with Crippen molar-refractivity contribution >= 4 is 27.4 Å². The molecule has 0 unspecified atom stereocenters. The van der Waals surface area contributed by atoms with Crippen LogP contribution in [0.4, 0.5) is 11.5 Å². The van der Waals surface area contributed by atoms with Gasteiger partial charge in [0.25, 0.3) is 15.9 Å². The number of nitrogens with one attached hydrogen (secondary N) is 2. The van der Waals surface area contributed by atoms with Crippen molar-refractivity contribution < 1.29 is 22.5 Å². The Morgan fingerprint density at radius 3 is 2.52 bits per heavy atom. The van der Waals surface area contributed by atoms with Crippen molar-refractivity contribution in [1.82, 2.24) is 5.16 Å². The predicted molar refractivity (Wildman–Crippen MR) is 118 cm³/mol. The molecule has 3 aromatic rings. The number of amides is 1. The number of nitrogens with zero attached hydrogens (tertiary/aromatic N) is 1. The minimum absolute atomic E-state index is 0.0323. The number of benzene rings is 2. The van der Waals surface area contributed by atoms with Gasteiger partial charge in [0, 0.05) is 11.8 Å². The predicted octanol–water partition coefficient (Wildman–Crippen LogP) is 4.31. The van der Waals surface area contributed by atoms with E-state index in [0.717, 1.165) is 12.0 Å². The Kier molecular flexibility index (Phi) is 6.96. The van der Waals surface area contributed by atoms with Crippen LogP contribution in [-0.4, -0.2) is 26.1 Å². The number of aromatic nitrogens is 1. The topological polar surface area (TPSA) is 111 Å². The van der Waals surface area contributed by atoms with E-state index in [-0.39, 0.29) is 23.2 Å². The number of ether oxygens (including phenoxy) is 1. The van der Waals surface area contributed by atoms with Crippen LogP contribution in [0, 0.1) is 6.92 Å². The molecule has 0 bridgehead atoms. The molecule has 0 saturated carbocycles. The van der Waals surface area contributed by atoms with E-state index in [0.29, 0.717) is 23.1 Å². The van der Waals surface area contributed by atoms with Crippen LogP contribution < -0.4 is 14.8 Å². The Balaban J connectivity index is 1.59. The van der Waals surface area contributed by atoms with Crippen LogP contribution in [0.5, 0.6) is 5.75 Å². The van der Waals surface area contributed by atoms with Gasteiger partial charge in [0.2, 0.25) is 0 Å². The van der Waals surface area contributed by atoms with Crippen LogP contribution >= 0.6 is 0 Å². The lowest BCUT2D eigenvalue weighted by atomic mass is 9.98. The number of para-hydroxylation sites is 1. The maximum atomic E-state index is 12.4. The second kappa shape index (κ2) is 9.65. The zero-order valence-corrected chi connectivity index (χ0v) is 18.4. The molecule has 0 aliphatic carbocycles. The number of aryl methyl sites for hydroxylation is 1. The molecule has 164 valence electrons. The highest BCUT2D eigenvalue weighted by Crippen LogP contribution is 2.28. The largest absolute Gasteiger partial charge is 0.483 e. The number of hydrogen-bond acceptors (Lipinski definition) is 6. The van der Waals surface area contributed by atoms with E-state index in [1.807, 2.05) is 24.3 Å². The monoisotopic (exact) mass is 443 g/mol. The van der Waals surface area contributed by atoms with E-state index in [2.05, 4.69) is 29.0 Å². The van der Waals surface area contributed by atoms with E-state index in [9.17, 15) is 13.2 Å². The van der Waals surface area contributed by atoms with Gasteiger partial charge in [-0.25, -0.2) is 8.42 Å². The van der Waals surface area contributed by atoms with Crippen molar-refractivity contribution in [1.29, 1.82) is 0 Å². The first-order chi connectivity index (χ1) is 14.8. The lowest BCUT2D eigenvalue weighted by molar-refractivity contribution is -0.118. The van der Waals surface area contributed by atoms with Crippen LogP contribution in [0.1, 0.15) is 37.5 Å². The minimum atomic E-state index is -3.82. The standard InChI is InChI=1S/C22H25N3O5S/c1-4-15(2)19-7-5-6-8-20(19)29-14-22(26)23-17-9-11-18(12-10-17)31(27,28)25-21-13-16(3)30-24-21/h5-13,15H,4,14H2,1-3H3,(H,23,26)(H,24,25)/t15-/m1/s1. The fourth-order valence-electron chi connectivity index (χ4n) is 2.91. The molecule has 0 aliphatic heterocycles. The zero-order valence-electron chi connectivity index (χ0n) is 17.6. The summed E-state index contributed by atoms with van der Waals surface area (Å²) in [4.78, 5) is 12.3. The molecular formula is C22H25N3O5S. The first kappa shape index (κ1) is 22.4. The molecule has 0 radical (unpaired) electrons. The molecule has 0 spiro atoms. The quantitative estimate of drug-likeness (QED) is 0.510. The lowest BCUT2D eigenvalue weighted by Crippen LogP contribution is -2.20. The first-order valence-electron chi connectivity index (χ1n) is 9.86. The molecule has 1 amide bonds. The highest BCUT2D eigenvalue weighted by Gasteiger charge is 2.17. The molecule has 9 heteroatoms. The fraction of sp³-hybridized carbons (Fsp3) is 0.273. The molecule has 0 saturated heterocycles. The maximum Gasteiger partial charge on any atom is 0.263 e. The van der Waals surface area contributed by atoms with E-state index >= 15 is 0 Å². The van der Waals surface area contributed by atoms with Gasteiger partial charge in [0.15, 0.2) is 12.4 Å². The Labute approximate surface area is 181 Å². The van der Waals surface area contributed by atoms with Crippen LogP contribution in [-0.2, 0) is 14.8 Å². The summed E-state index contributed by atoms with van der Waals surface area (Å²) in [5.74, 6) is 1.26. The SMILES string of the molecule is CC[C@@H](C)c1ccccc1OCC(=O)Nc1ccc(S(=O)(=O)Nc2cc(C)on2)cc1. The average Bonchev–Trinajstić information content (AvgIpc) is 3.16. The highest BCUT2D eigenvalue weighted by molar-refractivity contribution is 7.92. The van der Waals surface area contributed by atoms with Crippen molar-refractivity contribution in [2.75, 3.05) is 16.6 Å². The molecule has 8 nitrogen and oxygen atoms in total. The lowest BCUT2D eigenvalue weighted by Gasteiger charge is -2.15. The summed E-state index contributed by atoms with van der Waals surface area (Å²) in [7, 11) is -3.82. The summed E-state index contributed by atoms with van der Waals surface area (Å²) in [5, 5.41) is 6.32. The van der Waals surface area contributed by atoms with Gasteiger partial charge in [0.1, 0.15) is 11.5 Å². The van der Waals surface area contributed by atoms with Crippen molar-refractivity contribution in [2.24, 2.45) is 0 Å². The van der Waals surface area contributed by atoms with Gasteiger partial charge in [0.05, 0.1) is 4.90 Å². The van der Waals surface area contributed by atoms with Gasteiger partial charge in [-0.15, -0.1) is 0 Å². The van der Waals surface area contributed by atoms with E-state index in [4.69, 9.17) is 9.26 Å². The molecule has 1 aromatic heterocycles. The van der Waals surface area contributed by atoms with E-state index in [1.165, 1.54) is 30.3 Å². The maximum absolute atomic E-state index is 12.4. The van der Waals surface area contributed by atoms with Gasteiger partial charge in [-0.3, -0.25) is 9.52 Å². The Bertz CT molecular complexity index is 1140. The second-order valence-electron chi connectivity index (χ2n) is 7.14. The number of carbonyl (C=O) groups excluding carboxylic acids is 1. The fourth-order valence-corrected chi connectivity index (χ4v) is 3.89. The van der Waals surface area contributed by atoms with Crippen LogP contribution in [0.2, 0.25) is 0 Å². The Hall–Kier alpha value is -3.33. The van der Waals surface area contributed by atoms with Gasteiger partial charge in [-0.05, 0) is 55.2 Å². The van der Waals surface area contributed by atoms with E-state index in [1.54, 1.807) is 6.92 Å². The van der Waals surface area contributed by atoms with Gasteiger partial charge in [-0.1, -0.05) is 37.2 Å². The summed E-state index contributed by atoms with van der Waals surface area (Å²) in [5.41, 5.74) is 1.52. The third-order valence-electron chi connectivity index (χ3n) is 4.74. The third-order valence-corrected chi connectivity index (χ3v) is 6.11. The first-order valence-corrected chi connectivity index (χ1v) is 11.3.